The van der Waals surface area contributed by atoms with Crippen molar-refractivity contribution in [3.63, 3.8) is 0 Å². The molecule has 0 aromatic rings. The largest absolute Gasteiger partial charge is 0.379 e. The number of rotatable bonds is 13. The average molecular weight is 316 g/mol. The monoisotopic (exact) mass is 315 g/mol. The maximum Gasteiger partial charge on any atom is 0.119 e. The van der Waals surface area contributed by atoms with E-state index in [0.29, 0.717) is 6.10 Å². The van der Waals surface area contributed by atoms with Crippen molar-refractivity contribution in [2.45, 2.75) is 85.2 Å². The highest BCUT2D eigenvalue weighted by molar-refractivity contribution is 5.48. The summed E-state index contributed by atoms with van der Waals surface area (Å²) in [7, 11) is 4.23. The molecule has 22 heavy (non-hydrogen) atoms. The Balaban J connectivity index is 0. The molecule has 0 aliphatic heterocycles. The van der Waals surface area contributed by atoms with Crippen LogP contribution in [0, 0.1) is 5.92 Å². The molecule has 0 amide bonds. The normalized spacial score (nSPS) is 11.0. The number of hydrogen-bond donors (Lipinski definition) is 0. The molecule has 0 N–H and O–H groups in total. The Labute approximate surface area is 139 Å². The average Bonchev–Trinajstić information content (AvgIpc) is 2.44. The minimum absolute atomic E-state index is 0.364. The molecule has 0 rings (SSSR count). The zero-order valence-electron chi connectivity index (χ0n) is 16.1. The number of unbranched alkanes of at least 4 members (excludes halogenated alkanes) is 6. The second-order valence-corrected chi connectivity index (χ2v) is 6.98. The Hall–Kier alpha value is -0.410. The number of hydrogen-bond acceptors (Lipinski definition) is 3. The van der Waals surface area contributed by atoms with Crippen LogP contribution in [0.25, 0.3) is 0 Å². The topological polar surface area (TPSA) is 29.5 Å². The van der Waals surface area contributed by atoms with Crippen molar-refractivity contribution in [2.24, 2.45) is 5.92 Å². The minimum Gasteiger partial charge on any atom is -0.379 e. The summed E-state index contributed by atoms with van der Waals surface area (Å²) in [6, 6.07) is 0. The van der Waals surface area contributed by atoms with Crippen LogP contribution in [0.15, 0.2) is 0 Å². The lowest BCUT2D eigenvalue weighted by Gasteiger charge is -2.10. The number of aldehydes is 1. The van der Waals surface area contributed by atoms with Gasteiger partial charge in [0.1, 0.15) is 6.29 Å². The van der Waals surface area contributed by atoms with Crippen molar-refractivity contribution in [2.75, 3.05) is 27.2 Å². The smallest absolute Gasteiger partial charge is 0.119 e. The van der Waals surface area contributed by atoms with Gasteiger partial charge in [0.05, 0.1) is 6.10 Å². The lowest BCUT2D eigenvalue weighted by molar-refractivity contribution is -0.107. The molecule has 134 valence electrons. The molecule has 0 saturated carbocycles. The third-order valence-electron chi connectivity index (χ3n) is 3.32. The minimum atomic E-state index is 0.364. The van der Waals surface area contributed by atoms with Crippen LogP contribution < -0.4 is 0 Å². The van der Waals surface area contributed by atoms with Gasteiger partial charge in [0.15, 0.2) is 0 Å². The van der Waals surface area contributed by atoms with Crippen molar-refractivity contribution < 1.29 is 9.53 Å². The van der Waals surface area contributed by atoms with Crippen LogP contribution in [0.3, 0.4) is 0 Å². The maximum atomic E-state index is 10.0. The summed E-state index contributed by atoms with van der Waals surface area (Å²) in [6.07, 6.45) is 10.6. The van der Waals surface area contributed by atoms with Gasteiger partial charge in [-0.25, -0.2) is 0 Å². The molecular formula is C19H41NO2. The molecule has 0 spiro atoms. The zero-order chi connectivity index (χ0) is 17.2. The fraction of sp³-hybridized carbons (Fsp3) is 0.947. The first-order valence-corrected chi connectivity index (χ1v) is 9.10. The van der Waals surface area contributed by atoms with Crippen molar-refractivity contribution in [1.29, 1.82) is 0 Å². The highest BCUT2D eigenvalue weighted by Gasteiger charge is 1.94. The lowest BCUT2D eigenvalue weighted by atomic mass is 10.1. The predicted octanol–water partition coefficient (Wildman–Crippen LogP) is 4.94. The zero-order valence-corrected chi connectivity index (χ0v) is 16.1. The van der Waals surface area contributed by atoms with Gasteiger partial charge >= 0.3 is 0 Å². The first-order valence-electron chi connectivity index (χ1n) is 9.10. The van der Waals surface area contributed by atoms with Crippen LogP contribution in [-0.4, -0.2) is 44.5 Å². The molecule has 0 atom stereocenters. The van der Waals surface area contributed by atoms with Crippen LogP contribution in [0.4, 0.5) is 0 Å². The molecule has 0 aliphatic carbocycles. The van der Waals surface area contributed by atoms with Gasteiger partial charge in [-0.1, -0.05) is 39.5 Å². The standard InChI is InChI=1S/C12H24O2.C7H17N/c1-12(2)14-11-9-7-5-3-4-6-8-10-13;1-7(2)5-6-8(3)4/h10,12H,3-9,11H2,1-2H3;7H,5-6H2,1-4H3. The van der Waals surface area contributed by atoms with E-state index in [0.717, 1.165) is 31.7 Å². The summed E-state index contributed by atoms with van der Waals surface area (Å²) >= 11 is 0. The van der Waals surface area contributed by atoms with Gasteiger partial charge < -0.3 is 14.4 Å². The SMILES string of the molecule is CC(C)CCN(C)C.CC(C)OCCCCCCCCC=O. The maximum absolute atomic E-state index is 10.0. The van der Waals surface area contributed by atoms with E-state index in [9.17, 15) is 4.79 Å². The highest BCUT2D eigenvalue weighted by atomic mass is 16.5. The summed E-state index contributed by atoms with van der Waals surface area (Å²) in [5.41, 5.74) is 0. The second-order valence-electron chi connectivity index (χ2n) is 6.98. The predicted molar refractivity (Wildman–Crippen MR) is 97.5 cm³/mol. The second kappa shape index (κ2) is 18.6. The number of ether oxygens (including phenoxy) is 1. The summed E-state index contributed by atoms with van der Waals surface area (Å²) in [5, 5.41) is 0. The first kappa shape index (κ1) is 23.9. The molecule has 0 bridgehead atoms. The Morgan fingerprint density at radius 3 is 1.86 bits per heavy atom. The molecule has 0 saturated heterocycles. The summed E-state index contributed by atoms with van der Waals surface area (Å²) in [6.45, 7) is 10.8. The molecule has 0 unspecified atom stereocenters. The van der Waals surface area contributed by atoms with Gasteiger partial charge in [0, 0.05) is 13.0 Å². The number of carbonyl (C=O) groups excluding carboxylic acids is 1. The Morgan fingerprint density at radius 1 is 0.909 bits per heavy atom. The van der Waals surface area contributed by atoms with E-state index < -0.39 is 0 Å². The third-order valence-corrected chi connectivity index (χ3v) is 3.32. The van der Waals surface area contributed by atoms with Gasteiger partial charge in [0.25, 0.3) is 0 Å². The summed E-state index contributed by atoms with van der Waals surface area (Å²) in [5.74, 6) is 0.845. The van der Waals surface area contributed by atoms with E-state index in [4.69, 9.17) is 4.74 Å². The van der Waals surface area contributed by atoms with E-state index in [-0.39, 0.29) is 0 Å². The fourth-order valence-electron chi connectivity index (χ4n) is 1.87. The summed E-state index contributed by atoms with van der Waals surface area (Å²) in [4.78, 5) is 12.2. The molecule has 0 radical (unpaired) electrons. The van der Waals surface area contributed by atoms with E-state index >= 15 is 0 Å². The highest BCUT2D eigenvalue weighted by Crippen LogP contribution is 2.06. The molecule has 0 aliphatic rings. The van der Waals surface area contributed by atoms with E-state index in [2.05, 4.69) is 46.7 Å². The molecule has 0 aromatic carbocycles. The van der Waals surface area contributed by atoms with Gasteiger partial charge in [0.2, 0.25) is 0 Å². The Bertz CT molecular complexity index is 207. The van der Waals surface area contributed by atoms with E-state index in [1.165, 1.54) is 45.1 Å². The van der Waals surface area contributed by atoms with E-state index in [1.807, 2.05) is 0 Å². The van der Waals surface area contributed by atoms with Crippen LogP contribution in [-0.2, 0) is 9.53 Å². The van der Waals surface area contributed by atoms with E-state index in [1.54, 1.807) is 0 Å². The van der Waals surface area contributed by atoms with Crippen molar-refractivity contribution >= 4 is 6.29 Å². The van der Waals surface area contributed by atoms with Gasteiger partial charge in [-0.05, 0) is 59.7 Å². The van der Waals surface area contributed by atoms with Crippen molar-refractivity contribution in [3.05, 3.63) is 0 Å². The van der Waals surface area contributed by atoms with Crippen LogP contribution in [0.5, 0.6) is 0 Å². The van der Waals surface area contributed by atoms with Gasteiger partial charge in [-0.3, -0.25) is 0 Å². The molecule has 0 fully saturated rings. The summed E-state index contributed by atoms with van der Waals surface area (Å²) < 4.78 is 5.44. The molecule has 3 heteroatoms. The lowest BCUT2D eigenvalue weighted by Crippen LogP contribution is -2.14. The van der Waals surface area contributed by atoms with Crippen LogP contribution >= 0.6 is 0 Å². The van der Waals surface area contributed by atoms with Gasteiger partial charge in [-0.15, -0.1) is 0 Å². The molecular weight excluding hydrogens is 274 g/mol. The van der Waals surface area contributed by atoms with Crippen LogP contribution in [0.2, 0.25) is 0 Å². The fourth-order valence-corrected chi connectivity index (χ4v) is 1.87. The molecule has 3 nitrogen and oxygen atoms in total. The Morgan fingerprint density at radius 2 is 1.45 bits per heavy atom. The van der Waals surface area contributed by atoms with Crippen molar-refractivity contribution in [1.82, 2.24) is 4.90 Å². The Kier molecular flexibility index (Phi) is 20.2. The molecule has 0 heterocycles. The van der Waals surface area contributed by atoms with Crippen molar-refractivity contribution in [3.8, 4) is 0 Å². The van der Waals surface area contributed by atoms with Gasteiger partial charge in [-0.2, -0.15) is 0 Å². The molecule has 0 aromatic heterocycles. The number of nitrogens with zero attached hydrogens (tertiary/aromatic N) is 1. The number of carbonyl (C=O) groups is 1. The van der Waals surface area contributed by atoms with Crippen LogP contribution in [0.1, 0.15) is 79.1 Å². The third kappa shape index (κ3) is 27.9. The first-order chi connectivity index (χ1) is 10.4. The quantitative estimate of drug-likeness (QED) is 0.356.